The number of rotatable bonds is 19. The number of aliphatic hydroxyl groups is 4. The van der Waals surface area contributed by atoms with Crippen molar-refractivity contribution in [2.45, 2.75) is 171 Å². The van der Waals surface area contributed by atoms with Crippen molar-refractivity contribution < 1.29 is 90.5 Å². The second-order valence-electron chi connectivity index (χ2n) is 24.4. The number of benzene rings is 2. The third kappa shape index (κ3) is 11.4. The smallest absolute Gasteiger partial charge is 0.338 e. The van der Waals surface area contributed by atoms with Crippen molar-refractivity contribution >= 4 is 50.4 Å². The summed E-state index contributed by atoms with van der Waals surface area (Å²) in [6, 6.07) is 8.62. The number of hydrogen-bond acceptors (Lipinski definition) is 22. The lowest BCUT2D eigenvalue weighted by Crippen LogP contribution is -2.64. The molecule has 9 rings (SSSR count). The SMILES string of the molecule is COc1ccc(C(=O)O[C@H]2[C@H](O[C@@H]3[C@@H](OC(C)=O)[C@H](O[C@H]4C[C@H]5[C@@H]6CC=C7C[C@@H](O)CC[C@]7(C)[C@H]6CC[C@]5(C)[C@@]4(O)[C@H](C)C(=O)CCC(C)C)OC[C@@H]3O)OC[C@@H](OC(=O)CN(C)c3ccc(S(=O)(=O)N(C)C)c4nonc34)[C@@H]2O)cc1. The number of anilines is 1. The van der Waals surface area contributed by atoms with Crippen LogP contribution in [0.2, 0.25) is 0 Å². The Morgan fingerprint density at radius 2 is 1.54 bits per heavy atom. The minimum Gasteiger partial charge on any atom is -0.497 e. The van der Waals surface area contributed by atoms with Crippen molar-refractivity contribution in [2.24, 2.45) is 40.4 Å². The number of esters is 3. The van der Waals surface area contributed by atoms with Gasteiger partial charge in [0.05, 0.1) is 43.8 Å². The number of hydrogen-bond donors (Lipinski definition) is 4. The van der Waals surface area contributed by atoms with Gasteiger partial charge in [0.2, 0.25) is 10.0 Å². The van der Waals surface area contributed by atoms with Gasteiger partial charge in [0, 0.05) is 45.8 Å². The largest absolute Gasteiger partial charge is 0.497 e. The minimum atomic E-state index is -3.97. The predicted octanol–water partition coefficient (Wildman–Crippen LogP) is 4.50. The van der Waals surface area contributed by atoms with E-state index in [0.29, 0.717) is 37.9 Å². The van der Waals surface area contributed by atoms with Crippen LogP contribution >= 0.6 is 0 Å². The number of nitrogens with zero attached hydrogens (tertiary/aromatic N) is 4. The molecule has 1 aromatic heterocycles. The fourth-order valence-electron chi connectivity index (χ4n) is 14.2. The topological polar surface area (TPSA) is 303 Å². The van der Waals surface area contributed by atoms with Gasteiger partial charge in [-0.1, -0.05) is 46.3 Å². The van der Waals surface area contributed by atoms with Crippen molar-refractivity contribution in [1.82, 2.24) is 14.6 Å². The number of Topliss-reactive ketones (excluding diaryl/α,β-unsaturated/α-hetero) is 1. The highest BCUT2D eigenvalue weighted by atomic mass is 32.2. The first-order valence-electron chi connectivity index (χ1n) is 28.4. The number of carbonyl (C=O) groups excluding carboxylic acids is 4. The molecule has 6 aliphatic rings. The summed E-state index contributed by atoms with van der Waals surface area (Å²) in [5.41, 5.74) is -1.19. The number of allylic oxidation sites excluding steroid dienone is 1. The van der Waals surface area contributed by atoms with Gasteiger partial charge in [-0.05, 0) is 127 Å². The van der Waals surface area contributed by atoms with E-state index < -0.39 is 120 Å². The first-order chi connectivity index (χ1) is 38.7. The molecule has 3 saturated carbocycles. The standard InChI is InChI=1S/C58H80N4O19S/c1-30(2)11-19-41(65)31(3)58(70)45(26-39-37-17-14-34-25-35(64)21-23-56(34,5)38(37)22-24-57(39,58)6)78-55-52(76-32(4)63)50(42(66)28-74-55)80-54-51(79-53(69)33-12-15-36(73-10)16-13-33)49(68)43(29-75-54)77-46(67)27-62(9)40-18-20-44(82(71,72)61(7)8)48-47(40)59-81-60-48/h12-16,18,20,30-31,35,37-39,42-43,45,49-52,54-55,64,66,68,70H,11,17,19,21-29H2,1-10H3/t31-,35+,37-,38+,39+,42+,43-,45+,49+,50+,51-,52-,54+,55+,56+,57+,58-/m1/s1. The van der Waals surface area contributed by atoms with Crippen LogP contribution in [0.25, 0.3) is 11.0 Å². The molecule has 452 valence electrons. The van der Waals surface area contributed by atoms with Crippen LogP contribution in [0, 0.1) is 40.4 Å². The lowest BCUT2D eigenvalue weighted by molar-refractivity contribution is -0.345. The van der Waals surface area contributed by atoms with Gasteiger partial charge in [-0.3, -0.25) is 14.4 Å². The molecule has 4 aliphatic carbocycles. The van der Waals surface area contributed by atoms with E-state index in [4.69, 9.17) is 42.5 Å². The third-order valence-electron chi connectivity index (χ3n) is 18.9. The number of methoxy groups -OCH3 is 1. The molecule has 4 N–H and O–H groups in total. The lowest BCUT2D eigenvalue weighted by Gasteiger charge is -2.59. The summed E-state index contributed by atoms with van der Waals surface area (Å²) in [5, 5.41) is 55.9. The van der Waals surface area contributed by atoms with Gasteiger partial charge < -0.3 is 63.2 Å². The van der Waals surface area contributed by atoms with Gasteiger partial charge in [0.15, 0.2) is 41.9 Å². The number of carbonyl (C=O) groups is 4. The molecule has 17 atom stereocenters. The normalized spacial score (nSPS) is 35.0. The maximum Gasteiger partial charge on any atom is 0.338 e. The molecular formula is C58H80N4O19S. The highest BCUT2D eigenvalue weighted by Crippen LogP contribution is 2.69. The van der Waals surface area contributed by atoms with E-state index in [2.05, 4.69) is 30.2 Å². The van der Waals surface area contributed by atoms with Crippen LogP contribution in [0.15, 0.2) is 57.6 Å². The Hall–Kier alpha value is -5.15. The fourth-order valence-corrected chi connectivity index (χ4v) is 15.2. The summed E-state index contributed by atoms with van der Waals surface area (Å²) in [5.74, 6) is -2.77. The van der Waals surface area contributed by atoms with E-state index in [1.165, 1.54) is 75.1 Å². The average Bonchev–Trinajstić information content (AvgIpc) is 1.61. The van der Waals surface area contributed by atoms with Gasteiger partial charge in [0.25, 0.3) is 0 Å². The number of likely N-dealkylation sites (N-methyl/N-ethyl adjacent to an activating group) is 1. The maximum atomic E-state index is 14.4. The molecule has 0 amide bonds. The number of ether oxygens (including phenoxy) is 8. The zero-order chi connectivity index (χ0) is 59.4. The zero-order valence-corrected chi connectivity index (χ0v) is 49.1. The Balaban J connectivity index is 0.980. The van der Waals surface area contributed by atoms with Crippen molar-refractivity contribution in [2.75, 3.05) is 52.9 Å². The van der Waals surface area contributed by atoms with E-state index in [1.807, 2.05) is 13.8 Å². The number of aliphatic hydroxyl groups excluding tert-OH is 3. The summed E-state index contributed by atoms with van der Waals surface area (Å²) in [7, 11) is 1.71. The average molecular weight is 1170 g/mol. The third-order valence-corrected chi connectivity index (χ3v) is 20.7. The molecule has 3 heterocycles. The summed E-state index contributed by atoms with van der Waals surface area (Å²) in [6.45, 7) is 9.88. The number of ketones is 1. The van der Waals surface area contributed by atoms with Crippen LogP contribution in [0.4, 0.5) is 5.69 Å². The first-order valence-corrected chi connectivity index (χ1v) is 29.8. The molecule has 3 aromatic rings. The quantitative estimate of drug-likeness (QED) is 0.0730. The molecule has 0 radical (unpaired) electrons. The second-order valence-corrected chi connectivity index (χ2v) is 26.5. The van der Waals surface area contributed by atoms with E-state index in [0.717, 1.165) is 30.5 Å². The molecule has 2 aromatic carbocycles. The molecule has 2 aliphatic heterocycles. The minimum absolute atomic E-state index is 0.0285. The van der Waals surface area contributed by atoms with Crippen molar-refractivity contribution in [1.29, 1.82) is 0 Å². The highest BCUT2D eigenvalue weighted by molar-refractivity contribution is 7.89. The van der Waals surface area contributed by atoms with E-state index in [9.17, 15) is 48.0 Å². The van der Waals surface area contributed by atoms with Crippen molar-refractivity contribution in [3.63, 3.8) is 0 Å². The van der Waals surface area contributed by atoms with Crippen LogP contribution in [0.1, 0.15) is 110 Å². The summed E-state index contributed by atoms with van der Waals surface area (Å²) >= 11 is 0. The van der Waals surface area contributed by atoms with Gasteiger partial charge >= 0.3 is 17.9 Å². The van der Waals surface area contributed by atoms with Crippen molar-refractivity contribution in [3.05, 3.63) is 53.6 Å². The van der Waals surface area contributed by atoms with Gasteiger partial charge in [0.1, 0.15) is 46.9 Å². The Labute approximate surface area is 477 Å². The molecule has 0 unspecified atom stereocenters. The number of sulfonamides is 1. The zero-order valence-electron chi connectivity index (χ0n) is 48.3. The van der Waals surface area contributed by atoms with Crippen LogP contribution in [0.5, 0.6) is 5.75 Å². The van der Waals surface area contributed by atoms with E-state index >= 15 is 0 Å². The monoisotopic (exact) mass is 1170 g/mol. The van der Waals surface area contributed by atoms with E-state index in [-0.39, 0.29) is 74.6 Å². The Kier molecular flexibility index (Phi) is 18.0. The molecule has 82 heavy (non-hydrogen) atoms. The number of aromatic nitrogens is 2. The second kappa shape index (κ2) is 24.1. The molecule has 2 saturated heterocycles. The molecular weight excluding hydrogens is 1090 g/mol. The van der Waals surface area contributed by atoms with Gasteiger partial charge in [-0.15, -0.1) is 0 Å². The molecule has 0 bridgehead atoms. The van der Waals surface area contributed by atoms with Gasteiger partial charge in [-0.2, -0.15) is 0 Å². The molecule has 23 nitrogen and oxygen atoms in total. The van der Waals surface area contributed by atoms with E-state index in [1.54, 1.807) is 6.92 Å². The molecule has 0 spiro atoms. The maximum absolute atomic E-state index is 14.4. The molecule has 24 heteroatoms. The number of fused-ring (bicyclic) bond motifs is 6. The van der Waals surface area contributed by atoms with Crippen LogP contribution in [-0.2, 0) is 57.6 Å². The summed E-state index contributed by atoms with van der Waals surface area (Å²) in [4.78, 5) is 56.4. The lowest BCUT2D eigenvalue weighted by atomic mass is 9.46. The highest BCUT2D eigenvalue weighted by Gasteiger charge is 2.71. The first kappa shape index (κ1) is 61.4. The van der Waals surface area contributed by atoms with Gasteiger partial charge in [-0.25, -0.2) is 22.1 Å². The van der Waals surface area contributed by atoms with Crippen molar-refractivity contribution in [3.8, 4) is 5.75 Å². The fraction of sp³-hybridized carbons (Fsp3) is 0.690. The Morgan fingerprint density at radius 3 is 2.22 bits per heavy atom. The summed E-state index contributed by atoms with van der Waals surface area (Å²) < 4.78 is 80.7. The predicted molar refractivity (Wildman–Crippen MR) is 291 cm³/mol. The van der Waals surface area contributed by atoms with Crippen LogP contribution < -0.4 is 9.64 Å². The summed E-state index contributed by atoms with van der Waals surface area (Å²) in [6.07, 6.45) is -6.76. The Bertz CT molecular complexity index is 2970. The van der Waals surface area contributed by atoms with Crippen LogP contribution in [-0.4, -0.2) is 182 Å². The van der Waals surface area contributed by atoms with Crippen LogP contribution in [0.3, 0.4) is 0 Å². The molecule has 5 fully saturated rings. The Morgan fingerprint density at radius 1 is 0.841 bits per heavy atom.